The number of carbonyl (C=O) groups excluding carboxylic acids is 1. The SMILES string of the molecule is O=C(NO)[C@H]1CNCCN1S(=O)(=O)N1CC=C(c2ccc(F)cc2)CC1. The lowest BCUT2D eigenvalue weighted by molar-refractivity contribution is -0.133. The molecule has 0 unspecified atom stereocenters. The van der Waals surface area contributed by atoms with E-state index in [4.69, 9.17) is 5.21 Å². The number of benzene rings is 1. The standard InChI is InChI=1S/C16H21FN4O4S/c17-14-3-1-12(2-4-14)13-5-8-20(9-6-13)26(24,25)21-10-7-18-11-15(21)16(22)19-23/h1-5,15,18,23H,6-11H2,(H,19,22)/t15-/m1/s1. The molecule has 0 spiro atoms. The van der Waals surface area contributed by atoms with Crippen molar-refractivity contribution < 1.29 is 22.8 Å². The summed E-state index contributed by atoms with van der Waals surface area (Å²) in [5.41, 5.74) is 3.35. The van der Waals surface area contributed by atoms with Crippen LogP contribution in [0.1, 0.15) is 12.0 Å². The number of halogens is 1. The number of piperazine rings is 1. The predicted molar refractivity (Wildman–Crippen MR) is 92.8 cm³/mol. The highest BCUT2D eigenvalue weighted by molar-refractivity contribution is 7.86. The number of hydroxylamine groups is 1. The van der Waals surface area contributed by atoms with Gasteiger partial charge in [-0.15, -0.1) is 0 Å². The van der Waals surface area contributed by atoms with Gasteiger partial charge in [0.15, 0.2) is 0 Å². The fourth-order valence-electron chi connectivity index (χ4n) is 3.19. The number of carbonyl (C=O) groups is 1. The van der Waals surface area contributed by atoms with Crippen LogP contribution in [0.4, 0.5) is 4.39 Å². The number of nitrogens with zero attached hydrogens (tertiary/aromatic N) is 2. The molecule has 0 radical (unpaired) electrons. The maximum absolute atomic E-state index is 13.0. The van der Waals surface area contributed by atoms with Crippen LogP contribution in [-0.2, 0) is 15.0 Å². The molecule has 26 heavy (non-hydrogen) atoms. The first-order valence-electron chi connectivity index (χ1n) is 8.30. The van der Waals surface area contributed by atoms with Gasteiger partial charge in [-0.1, -0.05) is 18.2 Å². The van der Waals surface area contributed by atoms with Gasteiger partial charge in [0.25, 0.3) is 16.1 Å². The fourth-order valence-corrected chi connectivity index (χ4v) is 4.89. The van der Waals surface area contributed by atoms with Gasteiger partial charge in [-0.05, 0) is 29.7 Å². The molecule has 1 fully saturated rings. The minimum Gasteiger partial charge on any atom is -0.313 e. The zero-order valence-corrected chi connectivity index (χ0v) is 14.9. The lowest BCUT2D eigenvalue weighted by Gasteiger charge is -2.37. The predicted octanol–water partition coefficient (Wildman–Crippen LogP) is -0.0612. The molecule has 1 aromatic rings. The van der Waals surface area contributed by atoms with Gasteiger partial charge in [-0.3, -0.25) is 10.0 Å². The molecule has 0 aromatic heterocycles. The molecule has 3 N–H and O–H groups in total. The third kappa shape index (κ3) is 3.79. The van der Waals surface area contributed by atoms with Crippen LogP contribution in [-0.4, -0.2) is 66.9 Å². The van der Waals surface area contributed by atoms with Gasteiger partial charge in [-0.2, -0.15) is 17.0 Å². The van der Waals surface area contributed by atoms with Crippen LogP contribution in [0.3, 0.4) is 0 Å². The summed E-state index contributed by atoms with van der Waals surface area (Å²) in [4.78, 5) is 11.8. The quantitative estimate of drug-likeness (QED) is 0.499. The van der Waals surface area contributed by atoms with E-state index in [1.807, 2.05) is 0 Å². The van der Waals surface area contributed by atoms with E-state index in [1.165, 1.54) is 21.9 Å². The monoisotopic (exact) mass is 384 g/mol. The summed E-state index contributed by atoms with van der Waals surface area (Å²) >= 11 is 0. The molecule has 1 aromatic carbocycles. The number of hydrogen-bond donors (Lipinski definition) is 3. The highest BCUT2D eigenvalue weighted by Crippen LogP contribution is 2.25. The molecule has 1 amide bonds. The highest BCUT2D eigenvalue weighted by atomic mass is 32.2. The van der Waals surface area contributed by atoms with E-state index in [-0.39, 0.29) is 32.0 Å². The van der Waals surface area contributed by atoms with Gasteiger partial charge in [0.05, 0.1) is 0 Å². The molecule has 8 nitrogen and oxygen atoms in total. The third-order valence-corrected chi connectivity index (χ3v) is 6.63. The van der Waals surface area contributed by atoms with Crippen molar-refractivity contribution in [3.63, 3.8) is 0 Å². The second kappa shape index (κ2) is 7.80. The van der Waals surface area contributed by atoms with E-state index in [0.29, 0.717) is 13.0 Å². The Morgan fingerprint density at radius 3 is 2.62 bits per heavy atom. The first-order valence-corrected chi connectivity index (χ1v) is 9.69. The maximum atomic E-state index is 13.0. The molecule has 0 saturated carbocycles. The van der Waals surface area contributed by atoms with Crippen LogP contribution in [0, 0.1) is 5.82 Å². The second-order valence-electron chi connectivity index (χ2n) is 6.16. The van der Waals surface area contributed by atoms with E-state index in [2.05, 4.69) is 5.32 Å². The molecular weight excluding hydrogens is 363 g/mol. The minimum absolute atomic E-state index is 0.135. The van der Waals surface area contributed by atoms with E-state index in [0.717, 1.165) is 15.4 Å². The van der Waals surface area contributed by atoms with Gasteiger partial charge >= 0.3 is 0 Å². The van der Waals surface area contributed by atoms with Crippen LogP contribution >= 0.6 is 0 Å². The van der Waals surface area contributed by atoms with Gasteiger partial charge in [0, 0.05) is 32.7 Å². The summed E-state index contributed by atoms with van der Waals surface area (Å²) in [6.07, 6.45) is 2.30. The van der Waals surface area contributed by atoms with Crippen LogP contribution in [0.25, 0.3) is 5.57 Å². The Balaban J connectivity index is 1.76. The molecule has 1 atom stereocenters. The molecule has 3 rings (SSSR count). The number of amides is 1. The lowest BCUT2D eigenvalue weighted by atomic mass is 10.0. The van der Waals surface area contributed by atoms with Crippen molar-refractivity contribution in [2.75, 3.05) is 32.7 Å². The van der Waals surface area contributed by atoms with Crippen LogP contribution in [0.15, 0.2) is 30.3 Å². The van der Waals surface area contributed by atoms with Gasteiger partial charge in [0.1, 0.15) is 11.9 Å². The molecule has 2 heterocycles. The molecular formula is C16H21FN4O4S. The van der Waals surface area contributed by atoms with Crippen molar-refractivity contribution >= 4 is 21.7 Å². The normalized spacial score (nSPS) is 22.7. The van der Waals surface area contributed by atoms with Gasteiger partial charge in [0.2, 0.25) is 0 Å². The van der Waals surface area contributed by atoms with Crippen molar-refractivity contribution in [2.45, 2.75) is 12.5 Å². The Morgan fingerprint density at radius 2 is 2.00 bits per heavy atom. The van der Waals surface area contributed by atoms with Crippen molar-refractivity contribution in [1.29, 1.82) is 0 Å². The Hall–Kier alpha value is -1.85. The highest BCUT2D eigenvalue weighted by Gasteiger charge is 2.40. The van der Waals surface area contributed by atoms with E-state index >= 15 is 0 Å². The first-order chi connectivity index (χ1) is 12.4. The van der Waals surface area contributed by atoms with Gasteiger partial charge < -0.3 is 5.32 Å². The third-order valence-electron chi connectivity index (χ3n) is 4.62. The van der Waals surface area contributed by atoms with Crippen LogP contribution < -0.4 is 10.8 Å². The molecule has 2 aliphatic rings. The summed E-state index contributed by atoms with van der Waals surface area (Å²) in [6, 6.07) is 5.09. The van der Waals surface area contributed by atoms with E-state index in [9.17, 15) is 17.6 Å². The summed E-state index contributed by atoms with van der Waals surface area (Å²) in [5.74, 6) is -1.08. The lowest BCUT2D eigenvalue weighted by Crippen LogP contribution is -2.62. The summed E-state index contributed by atoms with van der Waals surface area (Å²) in [7, 11) is -3.85. The largest absolute Gasteiger partial charge is 0.313 e. The molecule has 0 aliphatic carbocycles. The molecule has 1 saturated heterocycles. The topological polar surface area (TPSA) is 102 Å². The van der Waals surface area contributed by atoms with E-state index < -0.39 is 22.2 Å². The van der Waals surface area contributed by atoms with Crippen LogP contribution in [0.5, 0.6) is 0 Å². The van der Waals surface area contributed by atoms with Gasteiger partial charge in [-0.25, -0.2) is 9.87 Å². The minimum atomic E-state index is -3.85. The fraction of sp³-hybridized carbons (Fsp3) is 0.438. The number of rotatable bonds is 4. The van der Waals surface area contributed by atoms with Crippen molar-refractivity contribution in [3.8, 4) is 0 Å². The van der Waals surface area contributed by atoms with Crippen LogP contribution in [0.2, 0.25) is 0 Å². The summed E-state index contributed by atoms with van der Waals surface area (Å²) in [6.45, 7) is 1.15. The molecule has 2 aliphatic heterocycles. The van der Waals surface area contributed by atoms with Crippen molar-refractivity contribution in [2.24, 2.45) is 0 Å². The Morgan fingerprint density at radius 1 is 1.27 bits per heavy atom. The smallest absolute Gasteiger partial charge is 0.283 e. The zero-order valence-electron chi connectivity index (χ0n) is 14.1. The zero-order chi connectivity index (χ0) is 18.7. The average Bonchev–Trinajstić information content (AvgIpc) is 2.68. The summed E-state index contributed by atoms with van der Waals surface area (Å²) < 4.78 is 41.4. The number of nitrogens with one attached hydrogen (secondary N) is 2. The maximum Gasteiger partial charge on any atom is 0.283 e. The molecule has 0 bridgehead atoms. The Bertz CT molecular complexity index is 797. The first kappa shape index (κ1) is 18.9. The van der Waals surface area contributed by atoms with Crippen molar-refractivity contribution in [3.05, 3.63) is 41.7 Å². The second-order valence-corrected chi connectivity index (χ2v) is 8.04. The Kier molecular flexibility index (Phi) is 5.68. The molecule has 142 valence electrons. The summed E-state index contributed by atoms with van der Waals surface area (Å²) in [5, 5.41) is 11.8. The van der Waals surface area contributed by atoms with E-state index in [1.54, 1.807) is 18.2 Å². The Labute approximate surface area is 151 Å². The van der Waals surface area contributed by atoms with Crippen molar-refractivity contribution in [1.82, 2.24) is 19.4 Å². The average molecular weight is 384 g/mol. The number of hydrogen-bond acceptors (Lipinski definition) is 5. The molecule has 10 heteroatoms.